The van der Waals surface area contributed by atoms with Crippen LogP contribution in [0.2, 0.25) is 10.0 Å². The molecule has 0 radical (unpaired) electrons. The molecule has 3 nitrogen and oxygen atoms in total. The van der Waals surface area contributed by atoms with Crippen LogP contribution >= 0.6 is 23.2 Å². The Morgan fingerprint density at radius 1 is 1.33 bits per heavy atom. The molecule has 1 rings (SSSR count). The van der Waals surface area contributed by atoms with Gasteiger partial charge in [-0.15, -0.1) is 13.2 Å². The summed E-state index contributed by atoms with van der Waals surface area (Å²) in [6, 6.07) is 1.56. The molecule has 0 atom stereocenters. The fraction of sp³-hybridized carbons (Fsp3) is 0.143. The number of hydrogen-bond donors (Lipinski definition) is 0. The summed E-state index contributed by atoms with van der Waals surface area (Å²) in [5, 5.41) is 7.57. The number of halogens is 5. The average molecular weight is 257 g/mol. The molecule has 1 aromatic rings. The summed E-state index contributed by atoms with van der Waals surface area (Å²) in [5.41, 5.74) is -0.267. The summed E-state index contributed by atoms with van der Waals surface area (Å²) >= 11 is 10.9. The minimum absolute atomic E-state index is 0.267. The van der Waals surface area contributed by atoms with Gasteiger partial charge < -0.3 is 4.74 Å². The van der Waals surface area contributed by atoms with Crippen molar-refractivity contribution in [2.24, 2.45) is 0 Å². The second-order valence-corrected chi connectivity index (χ2v) is 3.01. The highest BCUT2D eigenvalue weighted by Crippen LogP contribution is 2.35. The van der Waals surface area contributed by atoms with Crippen molar-refractivity contribution >= 4 is 23.2 Å². The molecular formula is C7HCl2F3N2O. The monoisotopic (exact) mass is 256 g/mol. The maximum absolute atomic E-state index is 11.8. The smallest absolute Gasteiger partial charge is 0.402 e. The van der Waals surface area contributed by atoms with Crippen LogP contribution in [0.3, 0.4) is 0 Å². The van der Waals surface area contributed by atoms with Gasteiger partial charge in [0.1, 0.15) is 11.1 Å². The quantitative estimate of drug-likeness (QED) is 0.776. The molecule has 8 heteroatoms. The maximum Gasteiger partial charge on any atom is 0.573 e. The van der Waals surface area contributed by atoms with Crippen LogP contribution in [0.25, 0.3) is 0 Å². The third-order valence-corrected chi connectivity index (χ3v) is 2.10. The van der Waals surface area contributed by atoms with Crippen LogP contribution in [0, 0.1) is 11.3 Å². The maximum atomic E-state index is 11.8. The van der Waals surface area contributed by atoms with E-state index < -0.39 is 17.1 Å². The molecule has 80 valence electrons. The molecule has 0 saturated carbocycles. The van der Waals surface area contributed by atoms with Gasteiger partial charge >= 0.3 is 6.36 Å². The van der Waals surface area contributed by atoms with Crippen molar-refractivity contribution in [3.63, 3.8) is 0 Å². The van der Waals surface area contributed by atoms with Crippen molar-refractivity contribution in [3.8, 4) is 11.8 Å². The molecular weight excluding hydrogens is 256 g/mol. The Bertz CT molecular complexity index is 427. The first kappa shape index (κ1) is 11.9. The number of aromatic nitrogens is 1. The minimum atomic E-state index is -4.89. The summed E-state index contributed by atoms with van der Waals surface area (Å²) < 4.78 is 39.0. The average Bonchev–Trinajstić information content (AvgIpc) is 2.11. The lowest BCUT2D eigenvalue weighted by molar-refractivity contribution is -0.274. The summed E-state index contributed by atoms with van der Waals surface area (Å²) in [6.07, 6.45) is -4.21. The molecule has 15 heavy (non-hydrogen) atoms. The summed E-state index contributed by atoms with van der Waals surface area (Å²) in [5.74, 6) is -0.742. The molecule has 0 aliphatic rings. The van der Waals surface area contributed by atoms with E-state index in [0.29, 0.717) is 6.20 Å². The SMILES string of the molecule is N#Cc1ncc(OC(F)(F)F)c(Cl)c1Cl. The zero-order valence-corrected chi connectivity index (χ0v) is 8.28. The van der Waals surface area contributed by atoms with Gasteiger partial charge in [0.15, 0.2) is 11.4 Å². The number of rotatable bonds is 1. The van der Waals surface area contributed by atoms with Crippen LogP contribution in [-0.2, 0) is 0 Å². The van der Waals surface area contributed by atoms with Crippen LogP contribution < -0.4 is 4.74 Å². The zero-order valence-electron chi connectivity index (χ0n) is 6.77. The predicted octanol–water partition coefficient (Wildman–Crippen LogP) is 3.16. The predicted molar refractivity (Wildman–Crippen MR) is 45.7 cm³/mol. The first-order valence-electron chi connectivity index (χ1n) is 3.35. The highest BCUT2D eigenvalue weighted by molar-refractivity contribution is 6.43. The standard InChI is InChI=1S/C7HCl2F3N2O/c8-5-3(1-13)14-2-4(6(5)9)15-7(10,11)12/h2H. The molecule has 0 unspecified atom stereocenters. The van der Waals surface area contributed by atoms with E-state index in [9.17, 15) is 13.2 Å². The molecule has 0 aliphatic carbocycles. The third kappa shape index (κ3) is 2.88. The number of pyridine rings is 1. The Kier molecular flexibility index (Phi) is 3.27. The lowest BCUT2D eigenvalue weighted by Crippen LogP contribution is -2.17. The summed E-state index contributed by atoms with van der Waals surface area (Å²) in [7, 11) is 0. The normalized spacial score (nSPS) is 10.9. The second kappa shape index (κ2) is 4.13. The van der Waals surface area contributed by atoms with Crippen LogP contribution in [0.5, 0.6) is 5.75 Å². The fourth-order valence-corrected chi connectivity index (χ4v) is 1.08. The molecule has 0 bridgehead atoms. The van der Waals surface area contributed by atoms with Crippen molar-refractivity contribution in [2.45, 2.75) is 6.36 Å². The van der Waals surface area contributed by atoms with Gasteiger partial charge in [0.25, 0.3) is 0 Å². The number of ether oxygens (including phenoxy) is 1. The van der Waals surface area contributed by atoms with Gasteiger partial charge in [0.05, 0.1) is 11.2 Å². The van der Waals surface area contributed by atoms with Gasteiger partial charge in [0.2, 0.25) is 0 Å². The van der Waals surface area contributed by atoms with E-state index in [-0.39, 0.29) is 10.7 Å². The lowest BCUT2D eigenvalue weighted by Gasteiger charge is -2.10. The largest absolute Gasteiger partial charge is 0.573 e. The Balaban J connectivity index is 3.14. The minimum Gasteiger partial charge on any atom is -0.402 e. The van der Waals surface area contributed by atoms with Gasteiger partial charge in [-0.1, -0.05) is 23.2 Å². The molecule has 0 spiro atoms. The number of hydrogen-bond acceptors (Lipinski definition) is 3. The molecule has 1 aromatic heterocycles. The van der Waals surface area contributed by atoms with Gasteiger partial charge in [-0.05, 0) is 0 Å². The molecule has 0 amide bonds. The molecule has 0 fully saturated rings. The van der Waals surface area contributed by atoms with Crippen LogP contribution in [0.4, 0.5) is 13.2 Å². The van der Waals surface area contributed by atoms with E-state index in [1.54, 1.807) is 6.07 Å². The van der Waals surface area contributed by atoms with Crippen LogP contribution in [0.1, 0.15) is 5.69 Å². The summed E-state index contributed by atoms with van der Waals surface area (Å²) in [6.45, 7) is 0. The molecule has 0 saturated heterocycles. The first-order valence-corrected chi connectivity index (χ1v) is 4.10. The topological polar surface area (TPSA) is 45.9 Å². The number of alkyl halides is 3. The van der Waals surface area contributed by atoms with E-state index in [0.717, 1.165) is 0 Å². The van der Waals surface area contributed by atoms with Crippen molar-refractivity contribution in [1.29, 1.82) is 5.26 Å². The van der Waals surface area contributed by atoms with E-state index in [1.807, 2.05) is 0 Å². The van der Waals surface area contributed by atoms with E-state index in [1.165, 1.54) is 0 Å². The van der Waals surface area contributed by atoms with E-state index >= 15 is 0 Å². The zero-order chi connectivity index (χ0) is 11.6. The van der Waals surface area contributed by atoms with Crippen molar-refractivity contribution in [2.75, 3.05) is 0 Å². The molecule has 1 heterocycles. The van der Waals surface area contributed by atoms with Crippen LogP contribution in [0.15, 0.2) is 6.20 Å². The highest BCUT2D eigenvalue weighted by atomic mass is 35.5. The van der Waals surface area contributed by atoms with Crippen molar-refractivity contribution in [3.05, 3.63) is 21.9 Å². The van der Waals surface area contributed by atoms with Gasteiger partial charge in [0, 0.05) is 0 Å². The molecule has 0 aliphatic heterocycles. The van der Waals surface area contributed by atoms with E-state index in [2.05, 4.69) is 9.72 Å². The van der Waals surface area contributed by atoms with Gasteiger partial charge in [-0.3, -0.25) is 0 Å². The number of nitrogens with zero attached hydrogens (tertiary/aromatic N) is 2. The van der Waals surface area contributed by atoms with Gasteiger partial charge in [-0.25, -0.2) is 4.98 Å². The van der Waals surface area contributed by atoms with Crippen molar-refractivity contribution < 1.29 is 17.9 Å². The third-order valence-electron chi connectivity index (χ3n) is 1.26. The Morgan fingerprint density at radius 2 is 1.93 bits per heavy atom. The lowest BCUT2D eigenvalue weighted by atomic mass is 10.3. The fourth-order valence-electron chi connectivity index (χ4n) is 0.722. The molecule has 0 N–H and O–H groups in total. The van der Waals surface area contributed by atoms with Crippen molar-refractivity contribution in [1.82, 2.24) is 4.98 Å². The Morgan fingerprint density at radius 3 is 2.40 bits per heavy atom. The first-order chi connectivity index (χ1) is 6.85. The summed E-state index contributed by atoms with van der Waals surface area (Å²) in [4.78, 5) is 3.34. The highest BCUT2D eigenvalue weighted by Gasteiger charge is 2.32. The number of nitriles is 1. The Labute approximate surface area is 92.0 Å². The van der Waals surface area contributed by atoms with Crippen LogP contribution in [-0.4, -0.2) is 11.3 Å². The van der Waals surface area contributed by atoms with Gasteiger partial charge in [-0.2, -0.15) is 5.26 Å². The molecule has 0 aromatic carbocycles. The second-order valence-electron chi connectivity index (χ2n) is 2.26. The van der Waals surface area contributed by atoms with E-state index in [4.69, 9.17) is 28.5 Å². The Hall–Kier alpha value is -1.19.